The van der Waals surface area contributed by atoms with E-state index in [0.29, 0.717) is 12.2 Å². The number of halogens is 2. The fourth-order valence-corrected chi connectivity index (χ4v) is 1.85. The van der Waals surface area contributed by atoms with Gasteiger partial charge in [-0.25, -0.2) is 8.78 Å². The molecule has 0 unspecified atom stereocenters. The number of hydrogen-bond acceptors (Lipinski definition) is 2. The zero-order valence-electron chi connectivity index (χ0n) is 11.6. The monoisotopic (exact) mass is 290 g/mol. The summed E-state index contributed by atoms with van der Waals surface area (Å²) in [6.45, 7) is 2.41. The lowest BCUT2D eigenvalue weighted by Gasteiger charge is -2.09. The third-order valence-corrected chi connectivity index (χ3v) is 3.11. The summed E-state index contributed by atoms with van der Waals surface area (Å²) in [5.74, 6) is -2.08. The molecule has 0 fully saturated rings. The van der Waals surface area contributed by atoms with Crippen LogP contribution >= 0.6 is 0 Å². The Morgan fingerprint density at radius 3 is 2.57 bits per heavy atom. The zero-order chi connectivity index (χ0) is 15.2. The van der Waals surface area contributed by atoms with Crippen molar-refractivity contribution in [2.24, 2.45) is 0 Å². The minimum atomic E-state index is -0.944. The number of amides is 1. The fourth-order valence-electron chi connectivity index (χ4n) is 1.85. The number of rotatable bonds is 5. The molecule has 1 amide bonds. The van der Waals surface area contributed by atoms with Crippen molar-refractivity contribution in [2.75, 3.05) is 11.9 Å². The van der Waals surface area contributed by atoms with Crippen LogP contribution in [0.4, 0.5) is 14.5 Å². The van der Waals surface area contributed by atoms with Gasteiger partial charge in [0.05, 0.1) is 6.54 Å². The lowest BCUT2D eigenvalue weighted by Crippen LogP contribution is -2.29. The lowest BCUT2D eigenvalue weighted by molar-refractivity contribution is -0.119. The summed E-state index contributed by atoms with van der Waals surface area (Å²) in [5, 5.41) is 5.51. The van der Waals surface area contributed by atoms with Crippen LogP contribution in [0.5, 0.6) is 0 Å². The molecule has 0 aliphatic rings. The van der Waals surface area contributed by atoms with Crippen molar-refractivity contribution in [1.82, 2.24) is 5.32 Å². The van der Waals surface area contributed by atoms with Crippen LogP contribution in [0, 0.1) is 18.6 Å². The van der Waals surface area contributed by atoms with Crippen LogP contribution in [0.3, 0.4) is 0 Å². The molecule has 0 radical (unpaired) electrons. The summed E-state index contributed by atoms with van der Waals surface area (Å²) in [5.41, 5.74) is 2.50. The molecule has 0 aliphatic carbocycles. The summed E-state index contributed by atoms with van der Waals surface area (Å²) in [7, 11) is 0. The van der Waals surface area contributed by atoms with E-state index in [2.05, 4.69) is 10.6 Å². The van der Waals surface area contributed by atoms with E-state index >= 15 is 0 Å². The maximum absolute atomic E-state index is 13.0. The van der Waals surface area contributed by atoms with Gasteiger partial charge in [-0.15, -0.1) is 0 Å². The lowest BCUT2D eigenvalue weighted by atomic mass is 10.1. The van der Waals surface area contributed by atoms with E-state index in [1.807, 2.05) is 31.2 Å². The number of carbonyl (C=O) groups is 1. The minimum Gasteiger partial charge on any atom is -0.376 e. The van der Waals surface area contributed by atoms with E-state index in [0.717, 1.165) is 23.3 Å². The highest BCUT2D eigenvalue weighted by Crippen LogP contribution is 2.12. The Morgan fingerprint density at radius 2 is 1.86 bits per heavy atom. The Labute approximate surface area is 122 Å². The van der Waals surface area contributed by atoms with Gasteiger partial charge in [0.15, 0.2) is 11.6 Å². The van der Waals surface area contributed by atoms with Crippen molar-refractivity contribution in [1.29, 1.82) is 0 Å². The molecule has 0 bridgehead atoms. The van der Waals surface area contributed by atoms with Crippen molar-refractivity contribution in [3.05, 3.63) is 65.2 Å². The molecule has 2 N–H and O–H groups in total. The Balaban J connectivity index is 1.82. The molecule has 2 aromatic rings. The largest absolute Gasteiger partial charge is 0.376 e. The SMILES string of the molecule is Cc1ccccc1CNC(=O)CNc1ccc(F)c(F)c1. The van der Waals surface area contributed by atoms with Crippen LogP contribution in [0.2, 0.25) is 0 Å². The Kier molecular flexibility index (Phi) is 4.87. The molecule has 0 aliphatic heterocycles. The summed E-state index contributed by atoms with van der Waals surface area (Å²) in [4.78, 5) is 11.7. The van der Waals surface area contributed by atoms with Crippen LogP contribution in [-0.4, -0.2) is 12.5 Å². The van der Waals surface area contributed by atoms with Crippen LogP contribution in [0.15, 0.2) is 42.5 Å². The average molecular weight is 290 g/mol. The Morgan fingerprint density at radius 1 is 1.10 bits per heavy atom. The first-order chi connectivity index (χ1) is 10.1. The molecule has 0 spiro atoms. The average Bonchev–Trinajstić information content (AvgIpc) is 2.47. The van der Waals surface area contributed by atoms with Gasteiger partial charge in [-0.05, 0) is 30.2 Å². The van der Waals surface area contributed by atoms with Crippen LogP contribution in [-0.2, 0) is 11.3 Å². The first-order valence-electron chi connectivity index (χ1n) is 6.56. The van der Waals surface area contributed by atoms with Crippen LogP contribution in [0.1, 0.15) is 11.1 Å². The minimum absolute atomic E-state index is 0.00302. The number of anilines is 1. The normalized spacial score (nSPS) is 10.2. The highest BCUT2D eigenvalue weighted by atomic mass is 19.2. The predicted molar refractivity (Wildman–Crippen MR) is 77.9 cm³/mol. The maximum atomic E-state index is 13.0. The summed E-state index contributed by atoms with van der Waals surface area (Å²) in [6, 6.07) is 11.2. The fraction of sp³-hybridized carbons (Fsp3) is 0.188. The number of hydrogen-bond donors (Lipinski definition) is 2. The topological polar surface area (TPSA) is 41.1 Å². The maximum Gasteiger partial charge on any atom is 0.239 e. The number of carbonyl (C=O) groups excluding carboxylic acids is 1. The van der Waals surface area contributed by atoms with E-state index in [9.17, 15) is 13.6 Å². The van der Waals surface area contributed by atoms with Crippen LogP contribution in [0.25, 0.3) is 0 Å². The molecular formula is C16H16F2N2O. The van der Waals surface area contributed by atoms with Gasteiger partial charge in [-0.1, -0.05) is 24.3 Å². The molecule has 0 heterocycles. The van der Waals surface area contributed by atoms with E-state index in [1.165, 1.54) is 6.07 Å². The van der Waals surface area contributed by atoms with Gasteiger partial charge in [0.1, 0.15) is 0 Å². The summed E-state index contributed by atoms with van der Waals surface area (Å²) in [6.07, 6.45) is 0. The van der Waals surface area contributed by atoms with E-state index in [4.69, 9.17) is 0 Å². The van der Waals surface area contributed by atoms with E-state index in [-0.39, 0.29) is 12.5 Å². The first-order valence-corrected chi connectivity index (χ1v) is 6.56. The molecule has 21 heavy (non-hydrogen) atoms. The summed E-state index contributed by atoms with van der Waals surface area (Å²) < 4.78 is 25.8. The number of benzene rings is 2. The second kappa shape index (κ2) is 6.83. The van der Waals surface area contributed by atoms with Crippen LogP contribution < -0.4 is 10.6 Å². The molecule has 110 valence electrons. The smallest absolute Gasteiger partial charge is 0.239 e. The molecule has 0 aromatic heterocycles. The van der Waals surface area contributed by atoms with E-state index < -0.39 is 11.6 Å². The highest BCUT2D eigenvalue weighted by Gasteiger charge is 2.05. The second-order valence-electron chi connectivity index (χ2n) is 4.69. The van der Waals surface area contributed by atoms with Gasteiger partial charge in [0.25, 0.3) is 0 Å². The van der Waals surface area contributed by atoms with Gasteiger partial charge in [-0.2, -0.15) is 0 Å². The molecule has 3 nitrogen and oxygen atoms in total. The second-order valence-corrected chi connectivity index (χ2v) is 4.69. The van der Waals surface area contributed by atoms with Gasteiger partial charge in [-0.3, -0.25) is 4.79 Å². The number of aryl methyl sites for hydroxylation is 1. The highest BCUT2D eigenvalue weighted by molar-refractivity contribution is 5.80. The van der Waals surface area contributed by atoms with Crippen molar-refractivity contribution < 1.29 is 13.6 Å². The van der Waals surface area contributed by atoms with Gasteiger partial charge < -0.3 is 10.6 Å². The van der Waals surface area contributed by atoms with Gasteiger partial charge in [0.2, 0.25) is 5.91 Å². The third-order valence-electron chi connectivity index (χ3n) is 3.11. The summed E-state index contributed by atoms with van der Waals surface area (Å²) >= 11 is 0. The third kappa shape index (κ3) is 4.27. The predicted octanol–water partition coefficient (Wildman–Crippen LogP) is 3.00. The number of nitrogens with one attached hydrogen (secondary N) is 2. The zero-order valence-corrected chi connectivity index (χ0v) is 11.6. The molecule has 5 heteroatoms. The quantitative estimate of drug-likeness (QED) is 0.889. The Hall–Kier alpha value is -2.43. The van der Waals surface area contributed by atoms with Gasteiger partial charge in [0, 0.05) is 18.3 Å². The molecular weight excluding hydrogens is 274 g/mol. The Bertz CT molecular complexity index is 644. The van der Waals surface area contributed by atoms with Gasteiger partial charge >= 0.3 is 0 Å². The molecule has 0 saturated heterocycles. The molecule has 2 rings (SSSR count). The van der Waals surface area contributed by atoms with E-state index in [1.54, 1.807) is 0 Å². The van der Waals surface area contributed by atoms with Crippen molar-refractivity contribution in [2.45, 2.75) is 13.5 Å². The molecule has 0 saturated carbocycles. The van der Waals surface area contributed by atoms with Crippen molar-refractivity contribution >= 4 is 11.6 Å². The van der Waals surface area contributed by atoms with Crippen molar-refractivity contribution in [3.63, 3.8) is 0 Å². The standard InChI is InChI=1S/C16H16F2N2O/c1-11-4-2-3-5-12(11)9-20-16(21)10-19-13-6-7-14(17)15(18)8-13/h2-8,19H,9-10H2,1H3,(H,20,21). The van der Waals surface area contributed by atoms with Crippen molar-refractivity contribution in [3.8, 4) is 0 Å². The molecule has 0 atom stereocenters. The molecule has 2 aromatic carbocycles. The first kappa shape index (κ1) is 15.0.